The standard InChI is InChI=1S/C18H15OSi.2C3H2Cl5O.Al/c19-20(16-10-4-1-5-11-16,17-12-6-2-7-13-17)18-14-8-3-9-15-18;2*4-2(5,1-9)3(6,7)8;/h1-15H;2*1H2;/q3*-1;+3. The first-order valence-electron chi connectivity index (χ1n) is 11.1. The number of halogens is 10. The molecule has 0 radical (unpaired) electrons. The molecule has 0 aliphatic rings. The maximum atomic E-state index is 6.95. The maximum absolute atomic E-state index is 6.95. The number of rotatable bonds is 11. The van der Waals surface area contributed by atoms with Crippen molar-refractivity contribution in [3.8, 4) is 0 Å². The van der Waals surface area contributed by atoms with E-state index in [1.54, 1.807) is 0 Å². The van der Waals surface area contributed by atoms with Gasteiger partial charge in [-0.25, -0.2) is 0 Å². The van der Waals surface area contributed by atoms with Gasteiger partial charge < -0.3 is 11.1 Å². The van der Waals surface area contributed by atoms with E-state index in [-0.39, 0.29) is 0 Å². The number of hydrogen-bond donors (Lipinski definition) is 0. The fourth-order valence-electron chi connectivity index (χ4n) is 3.49. The van der Waals surface area contributed by atoms with E-state index in [9.17, 15) is 0 Å². The van der Waals surface area contributed by atoms with Crippen molar-refractivity contribution in [2.45, 2.75) is 16.3 Å². The Morgan fingerprint density at radius 1 is 0.487 bits per heavy atom. The maximum Gasteiger partial charge on any atom is 0.895 e. The minimum Gasteiger partial charge on any atom is -0.489 e. The molecule has 3 rings (SSSR count). The molecule has 0 unspecified atom stereocenters. The molecule has 15 heteroatoms. The fraction of sp³-hybridized carbons (Fsp3) is 0.250. The van der Waals surface area contributed by atoms with Crippen molar-refractivity contribution >= 4 is 155 Å². The van der Waals surface area contributed by atoms with Crippen LogP contribution < -0.4 is 15.6 Å². The van der Waals surface area contributed by atoms with Gasteiger partial charge in [0.2, 0.25) is 7.59 Å². The van der Waals surface area contributed by atoms with Gasteiger partial charge in [-0.1, -0.05) is 207 Å². The fourth-order valence-corrected chi connectivity index (χ4v) is 11.7. The molecular weight excluding hydrogens is 746 g/mol. The highest BCUT2D eigenvalue weighted by atomic mass is 35.6. The summed E-state index contributed by atoms with van der Waals surface area (Å²) in [6, 6.07) is 29.1. The average Bonchev–Trinajstić information content (AvgIpc) is 2.88. The Hall–Kier alpha value is 1.19. The molecule has 0 saturated carbocycles. The molecule has 39 heavy (non-hydrogen) atoms. The summed E-state index contributed by atoms with van der Waals surface area (Å²) in [6.45, 7) is -0.949. The molecule has 210 valence electrons. The van der Waals surface area contributed by atoms with Gasteiger partial charge in [0.1, 0.15) is 0 Å². The summed E-state index contributed by atoms with van der Waals surface area (Å²) >= 11 is 57.7. The Labute approximate surface area is 283 Å². The smallest absolute Gasteiger partial charge is 0.489 e. The van der Waals surface area contributed by atoms with Crippen LogP contribution in [0, 0.1) is 0 Å². The third-order valence-corrected chi connectivity index (χ3v) is 16.6. The monoisotopic (exact) mass is 760 g/mol. The Balaban J connectivity index is 2.14. The number of hydrogen-bond acceptors (Lipinski definition) is 3. The third kappa shape index (κ3) is 8.87. The summed E-state index contributed by atoms with van der Waals surface area (Å²) in [7, 11) is -3.33. The average molecular weight is 765 g/mol. The van der Waals surface area contributed by atoms with Crippen molar-refractivity contribution in [1.29, 1.82) is 0 Å². The molecule has 3 aromatic rings. The Kier molecular flexibility index (Phi) is 12.7. The van der Waals surface area contributed by atoms with Crippen molar-refractivity contribution in [3.05, 3.63) is 91.0 Å². The molecule has 0 saturated heterocycles. The van der Waals surface area contributed by atoms with Crippen LogP contribution in [0.5, 0.6) is 0 Å². The molecule has 0 atom stereocenters. The topological polar surface area (TPSA) is 27.7 Å². The highest BCUT2D eigenvalue weighted by molar-refractivity contribution is 7.09. The van der Waals surface area contributed by atoms with E-state index in [1.165, 1.54) is 0 Å². The van der Waals surface area contributed by atoms with Crippen LogP contribution in [0.3, 0.4) is 0 Å². The molecule has 3 aromatic carbocycles. The molecule has 0 N–H and O–H groups in total. The van der Waals surface area contributed by atoms with Crippen molar-refractivity contribution in [1.82, 2.24) is 0 Å². The van der Waals surface area contributed by atoms with Crippen LogP contribution in [-0.2, 0) is 11.1 Å². The van der Waals surface area contributed by atoms with E-state index >= 15 is 0 Å². The molecule has 0 amide bonds. The van der Waals surface area contributed by atoms with Crippen LogP contribution in [0.1, 0.15) is 0 Å². The van der Waals surface area contributed by atoms with E-state index in [0.717, 1.165) is 15.6 Å². The van der Waals surface area contributed by atoms with Crippen LogP contribution in [0.25, 0.3) is 0 Å². The van der Waals surface area contributed by atoms with Gasteiger partial charge in [-0.05, 0) is 15.6 Å². The van der Waals surface area contributed by atoms with Gasteiger partial charge in [-0.2, -0.15) is 0 Å². The first-order chi connectivity index (χ1) is 18.1. The van der Waals surface area contributed by atoms with Crippen LogP contribution in [0.4, 0.5) is 0 Å². The zero-order valence-corrected chi connectivity index (χ0v) is 29.4. The molecule has 3 nitrogen and oxygen atoms in total. The van der Waals surface area contributed by atoms with E-state index in [1.807, 2.05) is 91.0 Å². The van der Waals surface area contributed by atoms with E-state index in [4.69, 9.17) is 127 Å². The van der Waals surface area contributed by atoms with Gasteiger partial charge in [0.25, 0.3) is 8.32 Å². The molecule has 0 bridgehead atoms. The first-order valence-corrected chi connectivity index (χ1v) is 18.2. The van der Waals surface area contributed by atoms with E-state index in [2.05, 4.69) is 0 Å². The van der Waals surface area contributed by atoms with Gasteiger partial charge in [0, 0.05) is 0 Å². The lowest BCUT2D eigenvalue weighted by atomic mass is 10.3. The van der Waals surface area contributed by atoms with Crippen molar-refractivity contribution in [2.75, 3.05) is 13.2 Å². The van der Waals surface area contributed by atoms with Crippen LogP contribution in [-0.4, -0.2) is 52.9 Å². The molecule has 0 fully saturated rings. The quantitative estimate of drug-likeness (QED) is 0.114. The van der Waals surface area contributed by atoms with Crippen molar-refractivity contribution in [2.24, 2.45) is 0 Å². The predicted octanol–water partition coefficient (Wildman–Crippen LogP) is 7.78. The highest BCUT2D eigenvalue weighted by Crippen LogP contribution is 2.47. The minimum absolute atomic E-state index is 0.475. The number of alkyl halides is 10. The summed E-state index contributed by atoms with van der Waals surface area (Å²) in [5, 5.41) is 2.71. The number of benzene rings is 3. The Morgan fingerprint density at radius 2 is 0.769 bits per heavy atom. The normalized spacial score (nSPS) is 13.4. The predicted molar refractivity (Wildman–Crippen MR) is 172 cm³/mol. The third-order valence-electron chi connectivity index (χ3n) is 5.44. The van der Waals surface area contributed by atoms with E-state index in [0.29, 0.717) is 0 Å². The minimum atomic E-state index is -3.34. The van der Waals surface area contributed by atoms with Crippen molar-refractivity contribution < 1.29 is 11.1 Å². The van der Waals surface area contributed by atoms with Gasteiger partial charge in [0.15, 0.2) is 8.67 Å². The molecule has 0 aromatic heterocycles. The molecule has 0 aliphatic carbocycles. The second kappa shape index (κ2) is 14.3. The molecule has 0 heterocycles. The largest absolute Gasteiger partial charge is 0.895 e. The lowest BCUT2D eigenvalue weighted by Crippen LogP contribution is -2.71. The van der Waals surface area contributed by atoms with Crippen molar-refractivity contribution in [3.63, 3.8) is 0 Å². The SMILES string of the molecule is ClC(Cl)(Cl)C(Cl)(Cl)C[O][Al]([O]CC(Cl)(Cl)C(Cl)(Cl)Cl)[O][Si](c1ccccc1)(c1ccccc1)c1ccccc1. The molecule has 0 spiro atoms. The molecule has 0 aliphatic heterocycles. The summed E-state index contributed by atoms with van der Waals surface area (Å²) < 4.78 is 10.9. The summed E-state index contributed by atoms with van der Waals surface area (Å²) in [5.41, 5.74) is 0. The lowest BCUT2D eigenvalue weighted by Gasteiger charge is -2.37. The first kappa shape index (κ1) is 34.7. The van der Waals surface area contributed by atoms with Gasteiger partial charge in [-0.15, -0.1) is 0 Å². The second-order valence-corrected chi connectivity index (χ2v) is 21.0. The summed E-state index contributed by atoms with van der Waals surface area (Å²) in [5.74, 6) is 0. The Morgan fingerprint density at radius 3 is 1.03 bits per heavy atom. The second-order valence-electron chi connectivity index (χ2n) is 8.21. The zero-order chi connectivity index (χ0) is 29.0. The zero-order valence-electron chi connectivity index (χ0n) is 19.7. The van der Waals surface area contributed by atoms with Crippen LogP contribution >= 0.6 is 116 Å². The Bertz CT molecular complexity index is 1050. The highest BCUT2D eigenvalue weighted by Gasteiger charge is 2.54. The van der Waals surface area contributed by atoms with Crippen LogP contribution in [0.2, 0.25) is 0 Å². The summed E-state index contributed by atoms with van der Waals surface area (Å²) in [4.78, 5) is 0. The van der Waals surface area contributed by atoms with Gasteiger partial charge in [-0.3, -0.25) is 0 Å². The van der Waals surface area contributed by atoms with E-state index < -0.39 is 52.9 Å². The lowest BCUT2D eigenvalue weighted by molar-refractivity contribution is 0.132. The van der Waals surface area contributed by atoms with Gasteiger partial charge in [0.05, 0.1) is 13.2 Å². The molecular formula is C24H19AlCl10O3Si. The van der Waals surface area contributed by atoms with Crippen LogP contribution in [0.15, 0.2) is 91.0 Å². The van der Waals surface area contributed by atoms with Gasteiger partial charge >= 0.3 is 15.1 Å². The summed E-state index contributed by atoms with van der Waals surface area (Å²) in [6.07, 6.45) is 0.